The van der Waals surface area contributed by atoms with Crippen molar-refractivity contribution in [3.63, 3.8) is 0 Å². The van der Waals surface area contributed by atoms with Gasteiger partial charge >= 0.3 is 0 Å². The van der Waals surface area contributed by atoms with Crippen LogP contribution in [0.25, 0.3) is 0 Å². The molecule has 3 rings (SSSR count). The van der Waals surface area contributed by atoms with Crippen LogP contribution in [0, 0.1) is 0 Å². The maximum absolute atomic E-state index is 12.2. The van der Waals surface area contributed by atoms with Gasteiger partial charge in [0.25, 0.3) is 5.91 Å². The van der Waals surface area contributed by atoms with Crippen LogP contribution in [-0.2, 0) is 11.3 Å². The molecule has 3 heterocycles. The number of hydrogen-bond acceptors (Lipinski definition) is 4. The summed E-state index contributed by atoms with van der Waals surface area (Å²) in [6.07, 6.45) is 2.77. The summed E-state index contributed by atoms with van der Waals surface area (Å²) < 4.78 is 5.57. The van der Waals surface area contributed by atoms with Crippen molar-refractivity contribution in [1.82, 2.24) is 15.1 Å². The Morgan fingerprint density at radius 3 is 2.90 bits per heavy atom. The van der Waals surface area contributed by atoms with Crippen molar-refractivity contribution in [2.75, 3.05) is 20.6 Å². The number of furan rings is 1. The van der Waals surface area contributed by atoms with Crippen LogP contribution in [0.2, 0.25) is 0 Å². The van der Waals surface area contributed by atoms with E-state index in [2.05, 4.69) is 5.32 Å². The van der Waals surface area contributed by atoms with Gasteiger partial charge in [0.1, 0.15) is 5.76 Å². The Balaban J connectivity index is 1.68. The first-order valence-corrected chi connectivity index (χ1v) is 7.37. The predicted octanol–water partition coefficient (Wildman–Crippen LogP) is 0.834. The third kappa shape index (κ3) is 2.95. The van der Waals surface area contributed by atoms with Gasteiger partial charge in [-0.2, -0.15) is 0 Å². The summed E-state index contributed by atoms with van der Waals surface area (Å²) in [7, 11) is 3.37. The van der Waals surface area contributed by atoms with Gasteiger partial charge in [0, 0.05) is 39.1 Å². The first kappa shape index (κ1) is 14.1. The Kier molecular flexibility index (Phi) is 3.71. The molecule has 2 saturated heterocycles. The zero-order chi connectivity index (χ0) is 15.0. The third-order valence-electron chi connectivity index (χ3n) is 4.17. The Bertz CT molecular complexity index is 552. The molecular formula is C15H21N3O3. The fourth-order valence-corrected chi connectivity index (χ4v) is 3.05. The minimum Gasteiger partial charge on any atom is -0.454 e. The van der Waals surface area contributed by atoms with Gasteiger partial charge in [-0.05, 0) is 25.0 Å². The van der Waals surface area contributed by atoms with Gasteiger partial charge in [0.15, 0.2) is 5.76 Å². The van der Waals surface area contributed by atoms with Gasteiger partial charge in [-0.3, -0.25) is 9.59 Å². The molecule has 1 aromatic rings. The van der Waals surface area contributed by atoms with E-state index in [1.807, 2.05) is 4.90 Å². The van der Waals surface area contributed by atoms with E-state index in [1.165, 1.54) is 4.90 Å². The average Bonchev–Trinajstić information content (AvgIpc) is 3.03. The zero-order valence-electron chi connectivity index (χ0n) is 12.5. The molecule has 114 valence electrons. The Morgan fingerprint density at radius 2 is 2.14 bits per heavy atom. The first-order valence-electron chi connectivity index (χ1n) is 7.37. The molecule has 2 amide bonds. The molecule has 0 spiro atoms. The molecule has 1 N–H and O–H groups in total. The summed E-state index contributed by atoms with van der Waals surface area (Å²) in [4.78, 5) is 27.3. The van der Waals surface area contributed by atoms with Gasteiger partial charge in [0.2, 0.25) is 5.91 Å². The van der Waals surface area contributed by atoms with E-state index in [0.29, 0.717) is 43.1 Å². The lowest BCUT2D eigenvalue weighted by Crippen LogP contribution is -2.37. The number of nitrogens with one attached hydrogen (secondary N) is 1. The van der Waals surface area contributed by atoms with Gasteiger partial charge in [-0.1, -0.05) is 0 Å². The summed E-state index contributed by atoms with van der Waals surface area (Å²) >= 11 is 0. The Hall–Kier alpha value is -1.82. The van der Waals surface area contributed by atoms with Crippen LogP contribution < -0.4 is 5.32 Å². The molecule has 6 nitrogen and oxygen atoms in total. The molecule has 6 heteroatoms. The van der Waals surface area contributed by atoms with E-state index in [-0.39, 0.29) is 11.8 Å². The van der Waals surface area contributed by atoms with Gasteiger partial charge < -0.3 is 19.5 Å². The van der Waals surface area contributed by atoms with Gasteiger partial charge in [-0.15, -0.1) is 0 Å². The van der Waals surface area contributed by atoms with Crippen LogP contribution >= 0.6 is 0 Å². The molecule has 21 heavy (non-hydrogen) atoms. The molecule has 0 aromatic carbocycles. The molecule has 0 saturated carbocycles. The topological polar surface area (TPSA) is 65.8 Å². The van der Waals surface area contributed by atoms with E-state index in [4.69, 9.17) is 4.42 Å². The van der Waals surface area contributed by atoms with Crippen LogP contribution in [0.3, 0.4) is 0 Å². The first-order chi connectivity index (χ1) is 10.0. The van der Waals surface area contributed by atoms with Crippen LogP contribution in [0.5, 0.6) is 0 Å². The number of likely N-dealkylation sites (tertiary alicyclic amines) is 1. The van der Waals surface area contributed by atoms with E-state index < -0.39 is 0 Å². The minimum absolute atomic E-state index is 0.159. The lowest BCUT2D eigenvalue weighted by molar-refractivity contribution is -0.132. The normalized spacial score (nSPS) is 25.0. The molecule has 2 unspecified atom stereocenters. The largest absolute Gasteiger partial charge is 0.454 e. The van der Waals surface area contributed by atoms with E-state index in [1.54, 1.807) is 26.2 Å². The van der Waals surface area contributed by atoms with E-state index in [0.717, 1.165) is 12.8 Å². The number of fused-ring (bicyclic) bond motifs is 2. The maximum atomic E-state index is 12.2. The van der Waals surface area contributed by atoms with Gasteiger partial charge in [-0.25, -0.2) is 0 Å². The lowest BCUT2D eigenvalue weighted by Gasteiger charge is -2.23. The molecule has 2 aliphatic rings. The summed E-state index contributed by atoms with van der Waals surface area (Å²) in [6.45, 7) is 1.15. The number of hydrogen-bond donors (Lipinski definition) is 1. The zero-order valence-corrected chi connectivity index (χ0v) is 12.5. The van der Waals surface area contributed by atoms with Crippen molar-refractivity contribution in [3.05, 3.63) is 23.7 Å². The summed E-state index contributed by atoms with van der Waals surface area (Å²) in [5, 5.41) is 3.48. The third-order valence-corrected chi connectivity index (χ3v) is 4.17. The van der Waals surface area contributed by atoms with E-state index in [9.17, 15) is 9.59 Å². The highest BCUT2D eigenvalue weighted by molar-refractivity contribution is 5.91. The highest BCUT2D eigenvalue weighted by Gasteiger charge is 2.33. The predicted molar refractivity (Wildman–Crippen MR) is 76.7 cm³/mol. The molecule has 1 aromatic heterocycles. The Labute approximate surface area is 124 Å². The van der Waals surface area contributed by atoms with Crippen LogP contribution in [0.1, 0.15) is 35.6 Å². The highest BCUT2D eigenvalue weighted by Crippen LogP contribution is 2.23. The van der Waals surface area contributed by atoms with Gasteiger partial charge in [0.05, 0.1) is 6.54 Å². The number of carbonyl (C=O) groups is 2. The fraction of sp³-hybridized carbons (Fsp3) is 0.600. The van der Waals surface area contributed by atoms with E-state index >= 15 is 0 Å². The van der Waals surface area contributed by atoms with Crippen molar-refractivity contribution >= 4 is 11.8 Å². The smallest absolute Gasteiger partial charge is 0.289 e. The number of carbonyl (C=O) groups excluding carboxylic acids is 2. The summed E-state index contributed by atoms with van der Waals surface area (Å²) in [5.41, 5.74) is 0. The van der Waals surface area contributed by atoms with Crippen molar-refractivity contribution in [1.29, 1.82) is 0 Å². The SMILES string of the molecule is CN(C)C(=O)c1ccc(CN2CC3CCC(CC2=O)N3)o1. The van der Waals surface area contributed by atoms with Crippen molar-refractivity contribution in [2.24, 2.45) is 0 Å². The molecule has 0 radical (unpaired) electrons. The molecule has 2 bridgehead atoms. The fourth-order valence-electron chi connectivity index (χ4n) is 3.05. The highest BCUT2D eigenvalue weighted by atomic mass is 16.4. The van der Waals surface area contributed by atoms with Crippen molar-refractivity contribution < 1.29 is 14.0 Å². The van der Waals surface area contributed by atoms with Crippen LogP contribution in [-0.4, -0.2) is 54.3 Å². The molecule has 2 atom stereocenters. The average molecular weight is 291 g/mol. The molecule has 2 aliphatic heterocycles. The van der Waals surface area contributed by atoms with Crippen LogP contribution in [0.4, 0.5) is 0 Å². The second-order valence-electron chi connectivity index (χ2n) is 6.08. The standard InChI is InChI=1S/C15H21N3O3/c1-17(2)15(20)13-6-5-12(21-13)9-18-8-11-4-3-10(16-11)7-14(18)19/h5-6,10-11,16H,3-4,7-9H2,1-2H3. The molecular weight excluding hydrogens is 270 g/mol. The summed E-state index contributed by atoms with van der Waals surface area (Å²) in [5.74, 6) is 0.971. The number of nitrogens with zero attached hydrogens (tertiary/aromatic N) is 2. The quantitative estimate of drug-likeness (QED) is 0.896. The maximum Gasteiger partial charge on any atom is 0.289 e. The molecule has 2 fully saturated rings. The second-order valence-corrected chi connectivity index (χ2v) is 6.08. The second kappa shape index (κ2) is 5.52. The molecule has 0 aliphatic carbocycles. The monoisotopic (exact) mass is 291 g/mol. The number of rotatable bonds is 3. The lowest BCUT2D eigenvalue weighted by atomic mass is 10.1. The number of amides is 2. The van der Waals surface area contributed by atoms with Crippen LogP contribution in [0.15, 0.2) is 16.5 Å². The van der Waals surface area contributed by atoms with Crippen molar-refractivity contribution in [3.8, 4) is 0 Å². The van der Waals surface area contributed by atoms with Crippen molar-refractivity contribution in [2.45, 2.75) is 37.9 Å². The summed E-state index contributed by atoms with van der Waals surface area (Å²) in [6, 6.07) is 4.17. The minimum atomic E-state index is -0.163. The Morgan fingerprint density at radius 1 is 1.38 bits per heavy atom.